The third-order valence-electron chi connectivity index (χ3n) is 5.71. The minimum atomic E-state index is -0.889. The quantitative estimate of drug-likeness (QED) is 0.780. The molecule has 0 aromatic heterocycles. The van der Waals surface area contributed by atoms with Gasteiger partial charge in [0.1, 0.15) is 12.1 Å². The lowest BCUT2D eigenvalue weighted by atomic mass is 9.64. The molecule has 2 unspecified atom stereocenters. The van der Waals surface area contributed by atoms with Crippen molar-refractivity contribution in [3.8, 4) is 0 Å². The monoisotopic (exact) mass is 405 g/mol. The molecule has 4 amide bonds. The number of hydrogen-bond donors (Lipinski definition) is 1. The van der Waals surface area contributed by atoms with Crippen molar-refractivity contribution in [1.82, 2.24) is 15.1 Å². The smallest absolute Gasteiger partial charge is 0.325 e. The maximum Gasteiger partial charge on any atom is 0.325 e. The molecule has 6 nitrogen and oxygen atoms in total. The van der Waals surface area contributed by atoms with Crippen molar-refractivity contribution in [2.24, 2.45) is 11.3 Å². The topological polar surface area (TPSA) is 69.7 Å². The number of nitrogens with zero attached hydrogens (tertiary/aromatic N) is 2. The maximum atomic E-state index is 13.1. The van der Waals surface area contributed by atoms with Crippen LogP contribution in [0.15, 0.2) is 24.3 Å². The van der Waals surface area contributed by atoms with E-state index in [2.05, 4.69) is 26.1 Å². The summed E-state index contributed by atoms with van der Waals surface area (Å²) in [6.07, 6.45) is 2.22. The van der Waals surface area contributed by atoms with Gasteiger partial charge in [-0.2, -0.15) is 0 Å². The Labute approximate surface area is 171 Å². The van der Waals surface area contributed by atoms with Gasteiger partial charge in [0.2, 0.25) is 5.91 Å². The van der Waals surface area contributed by atoms with Crippen LogP contribution in [0.5, 0.6) is 0 Å². The van der Waals surface area contributed by atoms with Gasteiger partial charge in [0.25, 0.3) is 5.91 Å². The van der Waals surface area contributed by atoms with Crippen molar-refractivity contribution in [1.29, 1.82) is 0 Å². The molecule has 1 aromatic carbocycles. The van der Waals surface area contributed by atoms with Gasteiger partial charge >= 0.3 is 6.03 Å². The molecular formula is C21H28ClN3O3. The highest BCUT2D eigenvalue weighted by molar-refractivity contribution is 6.31. The fraction of sp³-hybridized carbons (Fsp3) is 0.571. The Morgan fingerprint density at radius 2 is 1.96 bits per heavy atom. The molecule has 152 valence electrons. The van der Waals surface area contributed by atoms with E-state index in [4.69, 9.17) is 11.6 Å². The molecule has 1 saturated heterocycles. The van der Waals surface area contributed by atoms with Crippen LogP contribution in [0.3, 0.4) is 0 Å². The molecule has 1 aromatic rings. The predicted octanol–water partition coefficient (Wildman–Crippen LogP) is 3.44. The average molecular weight is 406 g/mol. The number of carbonyl (C=O) groups excluding carboxylic acids is 3. The first-order valence-corrected chi connectivity index (χ1v) is 10.0. The highest BCUT2D eigenvalue weighted by Gasteiger charge is 2.56. The van der Waals surface area contributed by atoms with Gasteiger partial charge in [0.05, 0.1) is 0 Å². The summed E-state index contributed by atoms with van der Waals surface area (Å²) in [6.45, 7) is 6.40. The molecule has 3 rings (SSSR count). The maximum absolute atomic E-state index is 13.1. The fourth-order valence-electron chi connectivity index (χ4n) is 4.88. The zero-order valence-electron chi connectivity index (χ0n) is 16.9. The molecule has 28 heavy (non-hydrogen) atoms. The Morgan fingerprint density at radius 3 is 2.61 bits per heavy atom. The number of nitrogens with one attached hydrogen (secondary N) is 1. The second-order valence-corrected chi connectivity index (χ2v) is 9.51. The van der Waals surface area contributed by atoms with E-state index in [-0.39, 0.29) is 23.8 Å². The number of benzene rings is 1. The summed E-state index contributed by atoms with van der Waals surface area (Å²) < 4.78 is 0. The van der Waals surface area contributed by atoms with E-state index in [0.717, 1.165) is 16.9 Å². The van der Waals surface area contributed by atoms with Gasteiger partial charge in [0.15, 0.2) is 0 Å². The van der Waals surface area contributed by atoms with Gasteiger partial charge < -0.3 is 10.2 Å². The molecule has 1 spiro atoms. The highest BCUT2D eigenvalue weighted by atomic mass is 35.5. The molecule has 1 aliphatic heterocycles. The highest BCUT2D eigenvalue weighted by Crippen LogP contribution is 2.46. The molecule has 1 saturated carbocycles. The zero-order chi connectivity index (χ0) is 20.7. The van der Waals surface area contributed by atoms with E-state index in [1.165, 1.54) is 4.90 Å². The Hall–Kier alpha value is -2.08. The number of imide groups is 1. The Balaban J connectivity index is 1.70. The molecule has 1 aliphatic carbocycles. The van der Waals surface area contributed by atoms with Crippen LogP contribution in [-0.2, 0) is 16.1 Å². The molecule has 0 bridgehead atoms. The number of hydrogen-bond acceptors (Lipinski definition) is 3. The van der Waals surface area contributed by atoms with Crippen molar-refractivity contribution >= 4 is 29.4 Å². The van der Waals surface area contributed by atoms with Crippen LogP contribution in [-0.4, -0.2) is 46.8 Å². The lowest BCUT2D eigenvalue weighted by molar-refractivity contribution is -0.140. The summed E-state index contributed by atoms with van der Waals surface area (Å²) in [5.74, 6) is -0.258. The van der Waals surface area contributed by atoms with Crippen LogP contribution in [0.4, 0.5) is 4.79 Å². The number of likely N-dealkylation sites (N-methyl/N-ethyl adjacent to an activating group) is 1. The molecular weight excluding hydrogens is 378 g/mol. The first kappa shape index (κ1) is 20.6. The van der Waals surface area contributed by atoms with Crippen LogP contribution in [0.2, 0.25) is 5.02 Å². The van der Waals surface area contributed by atoms with E-state index in [9.17, 15) is 14.4 Å². The van der Waals surface area contributed by atoms with Gasteiger partial charge in [-0.3, -0.25) is 14.5 Å². The summed E-state index contributed by atoms with van der Waals surface area (Å²) in [4.78, 5) is 40.9. The van der Waals surface area contributed by atoms with Gasteiger partial charge in [-0.05, 0) is 42.2 Å². The van der Waals surface area contributed by atoms with Crippen molar-refractivity contribution < 1.29 is 14.4 Å². The van der Waals surface area contributed by atoms with Crippen molar-refractivity contribution in [2.75, 3.05) is 13.6 Å². The number of carbonyl (C=O) groups is 3. The van der Waals surface area contributed by atoms with Crippen molar-refractivity contribution in [2.45, 2.75) is 52.1 Å². The van der Waals surface area contributed by atoms with Crippen LogP contribution in [0.1, 0.15) is 45.6 Å². The summed E-state index contributed by atoms with van der Waals surface area (Å²) in [5, 5.41) is 3.48. The first-order chi connectivity index (χ1) is 13.0. The van der Waals surface area contributed by atoms with Gasteiger partial charge in [0, 0.05) is 18.6 Å². The summed E-state index contributed by atoms with van der Waals surface area (Å²) in [7, 11) is 1.64. The Bertz CT molecular complexity index is 810. The van der Waals surface area contributed by atoms with Crippen LogP contribution < -0.4 is 5.32 Å². The van der Waals surface area contributed by atoms with Gasteiger partial charge in [-0.1, -0.05) is 50.6 Å². The molecule has 2 aliphatic rings. The Morgan fingerprint density at radius 1 is 1.29 bits per heavy atom. The Kier molecular flexibility index (Phi) is 5.45. The van der Waals surface area contributed by atoms with Gasteiger partial charge in [-0.15, -0.1) is 0 Å². The average Bonchev–Trinajstić information content (AvgIpc) is 2.78. The number of rotatable bonds is 4. The van der Waals surface area contributed by atoms with E-state index >= 15 is 0 Å². The van der Waals surface area contributed by atoms with Crippen LogP contribution in [0.25, 0.3) is 0 Å². The van der Waals surface area contributed by atoms with Crippen LogP contribution >= 0.6 is 11.6 Å². The standard InChI is InChI=1S/C21H28ClN3O3/c1-14-9-20(2,3)13-21(10-14)18(27)25(19(28)23-21)12-17(26)24(4)11-15-7-5-6-8-16(15)22/h5-8,14H,9-13H2,1-4H3,(H,23,28). The number of amides is 4. The first-order valence-electron chi connectivity index (χ1n) is 9.64. The SMILES string of the molecule is CC1CC(C)(C)CC2(C1)NC(=O)N(CC(=O)N(C)Cc1ccccc1Cl)C2=O. The summed E-state index contributed by atoms with van der Waals surface area (Å²) >= 11 is 6.16. The fourth-order valence-corrected chi connectivity index (χ4v) is 5.07. The molecule has 7 heteroatoms. The summed E-state index contributed by atoms with van der Waals surface area (Å²) in [6, 6.07) is 6.82. The molecule has 2 atom stereocenters. The van der Waals surface area contributed by atoms with Gasteiger partial charge in [-0.25, -0.2) is 4.79 Å². The largest absolute Gasteiger partial charge is 0.340 e. The molecule has 1 N–H and O–H groups in total. The molecule has 2 fully saturated rings. The third-order valence-corrected chi connectivity index (χ3v) is 6.08. The second-order valence-electron chi connectivity index (χ2n) is 9.10. The van der Waals surface area contributed by atoms with Crippen molar-refractivity contribution in [3.63, 3.8) is 0 Å². The third kappa shape index (κ3) is 4.02. The molecule has 0 radical (unpaired) electrons. The van der Waals surface area contributed by atoms with Crippen molar-refractivity contribution in [3.05, 3.63) is 34.9 Å². The normalized spacial score (nSPS) is 26.5. The van der Waals surface area contributed by atoms with E-state index < -0.39 is 11.6 Å². The van der Waals surface area contributed by atoms with Crippen LogP contribution in [0, 0.1) is 11.3 Å². The lowest BCUT2D eigenvalue weighted by Gasteiger charge is -2.43. The molecule has 1 heterocycles. The minimum Gasteiger partial charge on any atom is -0.340 e. The summed E-state index contributed by atoms with van der Waals surface area (Å²) in [5.41, 5.74) is -0.113. The lowest BCUT2D eigenvalue weighted by Crippen LogP contribution is -2.54. The predicted molar refractivity (Wildman–Crippen MR) is 108 cm³/mol. The van der Waals surface area contributed by atoms with E-state index in [1.807, 2.05) is 18.2 Å². The second kappa shape index (κ2) is 7.39. The zero-order valence-corrected chi connectivity index (χ0v) is 17.7. The van der Waals surface area contributed by atoms with E-state index in [0.29, 0.717) is 30.3 Å². The number of urea groups is 1. The number of halogens is 1. The van der Waals surface area contributed by atoms with E-state index in [1.54, 1.807) is 13.1 Å². The minimum absolute atomic E-state index is 0.0402.